The number of aromatic nitrogens is 1. The van der Waals surface area contributed by atoms with Crippen LogP contribution in [0.2, 0.25) is 0 Å². The van der Waals surface area contributed by atoms with E-state index in [0.717, 1.165) is 24.4 Å². The average Bonchev–Trinajstić information content (AvgIpc) is 2.30. The number of nitrogen functional groups attached to an aromatic ring is 1. The van der Waals surface area contributed by atoms with Crippen molar-refractivity contribution in [2.75, 3.05) is 5.73 Å². The first kappa shape index (κ1) is 12.7. The number of carboxylic acids is 1. The minimum Gasteiger partial charge on any atom is -0.478 e. The number of nitrogens with two attached hydrogens (primary N) is 1. The lowest BCUT2D eigenvalue weighted by atomic mass is 10.2. The van der Waals surface area contributed by atoms with Crippen LogP contribution in [-0.2, 0) is 0 Å². The van der Waals surface area contributed by atoms with Crippen molar-refractivity contribution < 1.29 is 23.4 Å². The van der Waals surface area contributed by atoms with Crippen LogP contribution >= 0.6 is 0 Å². The highest BCUT2D eigenvalue weighted by Gasteiger charge is 2.10. The summed E-state index contributed by atoms with van der Waals surface area (Å²) in [7, 11) is 0. The highest BCUT2D eigenvalue weighted by atomic mass is 19.1. The van der Waals surface area contributed by atoms with E-state index >= 15 is 0 Å². The summed E-state index contributed by atoms with van der Waals surface area (Å²) in [5.74, 6) is -3.07. The Labute approximate surface area is 106 Å². The molecule has 19 heavy (non-hydrogen) atoms. The van der Waals surface area contributed by atoms with Crippen LogP contribution in [0.3, 0.4) is 0 Å². The number of carbonyl (C=O) groups is 1. The number of hydrogen-bond donors (Lipinski definition) is 2. The van der Waals surface area contributed by atoms with Gasteiger partial charge in [-0.25, -0.2) is 18.6 Å². The summed E-state index contributed by atoms with van der Waals surface area (Å²) in [5.41, 5.74) is 5.38. The molecule has 1 aromatic carbocycles. The molecule has 5 nitrogen and oxygen atoms in total. The standard InChI is InChI=1S/C12H8F2N2O3/c13-7-2-8(14)4-9(3-7)19-11-10(15)1-6(5-16-11)12(17)18/h1-5H,15H2,(H,17,18). The van der Waals surface area contributed by atoms with E-state index in [4.69, 9.17) is 15.6 Å². The third-order valence-electron chi connectivity index (χ3n) is 2.18. The van der Waals surface area contributed by atoms with Gasteiger partial charge in [-0.2, -0.15) is 0 Å². The number of hydrogen-bond acceptors (Lipinski definition) is 4. The fraction of sp³-hybridized carbons (Fsp3) is 0. The highest BCUT2D eigenvalue weighted by Crippen LogP contribution is 2.26. The van der Waals surface area contributed by atoms with E-state index in [9.17, 15) is 13.6 Å². The number of ether oxygens (including phenoxy) is 1. The predicted molar refractivity (Wildman–Crippen MR) is 62.0 cm³/mol. The van der Waals surface area contributed by atoms with Gasteiger partial charge in [0.1, 0.15) is 17.4 Å². The van der Waals surface area contributed by atoms with Crippen molar-refractivity contribution in [3.05, 3.63) is 47.7 Å². The topological polar surface area (TPSA) is 85.4 Å². The minimum absolute atomic E-state index is 0.0513. The zero-order valence-corrected chi connectivity index (χ0v) is 9.43. The van der Waals surface area contributed by atoms with Gasteiger partial charge in [0, 0.05) is 24.4 Å². The molecule has 1 aromatic heterocycles. The van der Waals surface area contributed by atoms with Crippen LogP contribution in [-0.4, -0.2) is 16.1 Å². The molecule has 0 spiro atoms. The summed E-state index contributed by atoms with van der Waals surface area (Å²) < 4.78 is 31.0. The maximum atomic E-state index is 13.0. The summed E-state index contributed by atoms with van der Waals surface area (Å²) in [6, 6.07) is 3.74. The van der Waals surface area contributed by atoms with Gasteiger partial charge in [-0.3, -0.25) is 0 Å². The van der Waals surface area contributed by atoms with Crippen molar-refractivity contribution >= 4 is 11.7 Å². The molecule has 3 N–H and O–H groups in total. The van der Waals surface area contributed by atoms with E-state index in [1.54, 1.807) is 0 Å². The zero-order valence-electron chi connectivity index (χ0n) is 9.43. The van der Waals surface area contributed by atoms with Crippen LogP contribution in [0.1, 0.15) is 10.4 Å². The molecule has 0 aliphatic rings. The van der Waals surface area contributed by atoms with Crippen LogP contribution < -0.4 is 10.5 Å². The monoisotopic (exact) mass is 266 g/mol. The number of pyridine rings is 1. The van der Waals surface area contributed by atoms with Gasteiger partial charge in [-0.15, -0.1) is 0 Å². The quantitative estimate of drug-likeness (QED) is 0.891. The van der Waals surface area contributed by atoms with Gasteiger partial charge >= 0.3 is 5.97 Å². The Morgan fingerprint density at radius 2 is 1.84 bits per heavy atom. The summed E-state index contributed by atoms with van der Waals surface area (Å²) in [6.45, 7) is 0. The zero-order chi connectivity index (χ0) is 14.0. The van der Waals surface area contributed by atoms with Gasteiger partial charge in [0.15, 0.2) is 0 Å². The van der Waals surface area contributed by atoms with E-state index in [0.29, 0.717) is 6.07 Å². The van der Waals surface area contributed by atoms with Gasteiger partial charge < -0.3 is 15.6 Å². The summed E-state index contributed by atoms with van der Waals surface area (Å²) >= 11 is 0. The molecule has 0 atom stereocenters. The van der Waals surface area contributed by atoms with Crippen LogP contribution in [0.15, 0.2) is 30.5 Å². The summed E-state index contributed by atoms with van der Waals surface area (Å²) in [5, 5.41) is 8.73. The molecule has 2 rings (SSSR count). The normalized spacial score (nSPS) is 10.2. The second-order valence-corrected chi connectivity index (χ2v) is 3.63. The first-order chi connectivity index (χ1) is 8.95. The Balaban J connectivity index is 2.30. The fourth-order valence-electron chi connectivity index (χ4n) is 1.37. The molecule has 1 heterocycles. The molecule has 0 unspecified atom stereocenters. The first-order valence-electron chi connectivity index (χ1n) is 5.08. The fourth-order valence-corrected chi connectivity index (χ4v) is 1.37. The molecule has 0 fully saturated rings. The molecule has 2 aromatic rings. The Morgan fingerprint density at radius 3 is 2.37 bits per heavy atom. The third kappa shape index (κ3) is 2.95. The molecule has 0 amide bonds. The Kier molecular flexibility index (Phi) is 3.28. The lowest BCUT2D eigenvalue weighted by Crippen LogP contribution is -2.02. The Hall–Kier alpha value is -2.70. The van der Waals surface area contributed by atoms with Crippen molar-refractivity contribution in [3.63, 3.8) is 0 Å². The third-order valence-corrected chi connectivity index (χ3v) is 2.18. The first-order valence-corrected chi connectivity index (χ1v) is 5.08. The van der Waals surface area contributed by atoms with E-state index in [1.807, 2.05) is 0 Å². The molecule has 98 valence electrons. The Bertz CT molecular complexity index is 627. The number of carboxylic acid groups (broad SMARTS) is 1. The van der Waals surface area contributed by atoms with E-state index in [2.05, 4.69) is 4.98 Å². The summed E-state index contributed by atoms with van der Waals surface area (Å²) in [6.07, 6.45) is 1.03. The SMILES string of the molecule is Nc1cc(C(=O)O)cnc1Oc1cc(F)cc(F)c1. The van der Waals surface area contributed by atoms with Crippen LogP contribution in [0, 0.1) is 11.6 Å². The number of rotatable bonds is 3. The van der Waals surface area contributed by atoms with E-state index in [-0.39, 0.29) is 22.9 Å². The van der Waals surface area contributed by atoms with Crippen LogP contribution in [0.4, 0.5) is 14.5 Å². The van der Waals surface area contributed by atoms with Gasteiger partial charge in [-0.05, 0) is 6.07 Å². The van der Waals surface area contributed by atoms with Crippen molar-refractivity contribution in [1.82, 2.24) is 4.98 Å². The van der Waals surface area contributed by atoms with E-state index < -0.39 is 17.6 Å². The van der Waals surface area contributed by atoms with Crippen molar-refractivity contribution in [2.45, 2.75) is 0 Å². The molecule has 0 saturated heterocycles. The van der Waals surface area contributed by atoms with Gasteiger partial charge in [0.25, 0.3) is 0 Å². The number of anilines is 1. The van der Waals surface area contributed by atoms with Gasteiger partial charge in [0.2, 0.25) is 5.88 Å². The van der Waals surface area contributed by atoms with Crippen LogP contribution in [0.25, 0.3) is 0 Å². The lowest BCUT2D eigenvalue weighted by Gasteiger charge is -2.08. The number of halogens is 2. The van der Waals surface area contributed by atoms with Gasteiger partial charge in [-0.1, -0.05) is 0 Å². The highest BCUT2D eigenvalue weighted by molar-refractivity contribution is 5.88. The van der Waals surface area contributed by atoms with Crippen molar-refractivity contribution in [1.29, 1.82) is 0 Å². The molecular formula is C12H8F2N2O3. The largest absolute Gasteiger partial charge is 0.478 e. The molecule has 0 saturated carbocycles. The Morgan fingerprint density at radius 1 is 1.21 bits per heavy atom. The number of aromatic carboxylic acids is 1. The number of benzene rings is 1. The summed E-state index contributed by atoms with van der Waals surface area (Å²) in [4.78, 5) is 14.4. The molecule has 0 aliphatic carbocycles. The molecule has 7 heteroatoms. The molecule has 0 radical (unpaired) electrons. The smallest absolute Gasteiger partial charge is 0.337 e. The minimum atomic E-state index is -1.19. The molecule has 0 aliphatic heterocycles. The molecular weight excluding hydrogens is 258 g/mol. The van der Waals surface area contributed by atoms with Crippen LogP contribution in [0.5, 0.6) is 11.6 Å². The average molecular weight is 266 g/mol. The second-order valence-electron chi connectivity index (χ2n) is 3.63. The second kappa shape index (κ2) is 4.89. The number of nitrogens with zero attached hydrogens (tertiary/aromatic N) is 1. The van der Waals surface area contributed by atoms with E-state index in [1.165, 1.54) is 0 Å². The molecule has 0 bridgehead atoms. The van der Waals surface area contributed by atoms with Gasteiger partial charge in [0.05, 0.1) is 11.3 Å². The lowest BCUT2D eigenvalue weighted by molar-refractivity contribution is 0.0696. The maximum absolute atomic E-state index is 13.0. The predicted octanol–water partition coefficient (Wildman–Crippen LogP) is 2.43. The van der Waals surface area contributed by atoms with Crippen molar-refractivity contribution in [2.24, 2.45) is 0 Å². The maximum Gasteiger partial charge on any atom is 0.337 e. The van der Waals surface area contributed by atoms with Crippen molar-refractivity contribution in [3.8, 4) is 11.6 Å².